The Morgan fingerprint density at radius 2 is 2.00 bits per heavy atom. The molecule has 16 heavy (non-hydrogen) atoms. The summed E-state index contributed by atoms with van der Waals surface area (Å²) in [5.74, 6) is 0.426. The van der Waals surface area contributed by atoms with Gasteiger partial charge in [0, 0.05) is 6.61 Å². The van der Waals surface area contributed by atoms with Crippen LogP contribution >= 0.6 is 15.9 Å². The Kier molecular flexibility index (Phi) is 5.48. The third kappa shape index (κ3) is 3.94. The monoisotopic (exact) mass is 296 g/mol. The van der Waals surface area contributed by atoms with E-state index in [4.69, 9.17) is 9.47 Å². The molecule has 0 spiro atoms. The molecule has 1 rings (SSSR count). The van der Waals surface area contributed by atoms with Gasteiger partial charge in [0.25, 0.3) is 0 Å². The molecule has 0 aliphatic rings. The van der Waals surface area contributed by atoms with Gasteiger partial charge in [-0.25, -0.2) is 0 Å². The first-order valence-electron chi connectivity index (χ1n) is 4.59. The van der Waals surface area contributed by atoms with Gasteiger partial charge in [0.15, 0.2) is 6.79 Å². The summed E-state index contributed by atoms with van der Waals surface area (Å²) in [5.41, 5.74) is 0. The second-order valence-corrected chi connectivity index (χ2v) is 3.49. The molecule has 1 aromatic rings. The van der Waals surface area contributed by atoms with E-state index in [9.17, 15) is 8.78 Å². The predicted octanol–water partition coefficient (Wildman–Crippen LogP) is 3.42. The normalized spacial score (nSPS) is 10.6. The van der Waals surface area contributed by atoms with Crippen LogP contribution in [0.25, 0.3) is 0 Å². The summed E-state index contributed by atoms with van der Waals surface area (Å²) in [7, 11) is 0. The summed E-state index contributed by atoms with van der Waals surface area (Å²) in [4.78, 5) is 0. The van der Waals surface area contributed by atoms with Crippen LogP contribution in [-0.2, 0) is 4.74 Å². The van der Waals surface area contributed by atoms with Crippen LogP contribution in [0.1, 0.15) is 6.92 Å². The van der Waals surface area contributed by atoms with Gasteiger partial charge in [-0.15, -0.1) is 0 Å². The molecule has 0 aliphatic carbocycles. The first-order chi connectivity index (χ1) is 7.65. The molecule has 90 valence electrons. The van der Waals surface area contributed by atoms with Gasteiger partial charge in [-0.05, 0) is 35.0 Å². The smallest absolute Gasteiger partial charge is 0.387 e. The summed E-state index contributed by atoms with van der Waals surface area (Å²) in [6.07, 6.45) is 0. The van der Waals surface area contributed by atoms with E-state index in [1.807, 2.05) is 6.92 Å². The molecule has 0 heterocycles. The third-order valence-electron chi connectivity index (χ3n) is 1.65. The fraction of sp³-hybridized carbons (Fsp3) is 0.400. The molecule has 0 saturated heterocycles. The van der Waals surface area contributed by atoms with E-state index in [1.165, 1.54) is 6.07 Å². The fourth-order valence-corrected chi connectivity index (χ4v) is 1.45. The van der Waals surface area contributed by atoms with Crippen molar-refractivity contribution in [1.82, 2.24) is 0 Å². The van der Waals surface area contributed by atoms with Crippen molar-refractivity contribution >= 4 is 15.9 Å². The van der Waals surface area contributed by atoms with Crippen LogP contribution in [-0.4, -0.2) is 20.0 Å². The summed E-state index contributed by atoms with van der Waals surface area (Å²) in [5, 5.41) is 0. The Morgan fingerprint density at radius 1 is 1.31 bits per heavy atom. The largest absolute Gasteiger partial charge is 0.466 e. The van der Waals surface area contributed by atoms with E-state index in [0.717, 1.165) is 0 Å². The molecule has 0 aliphatic heterocycles. The second-order valence-electron chi connectivity index (χ2n) is 2.70. The highest BCUT2D eigenvalue weighted by atomic mass is 79.9. The van der Waals surface area contributed by atoms with Crippen molar-refractivity contribution in [2.24, 2.45) is 0 Å². The van der Waals surface area contributed by atoms with Gasteiger partial charge in [-0.3, -0.25) is 0 Å². The quantitative estimate of drug-likeness (QED) is 0.595. The molecule has 0 bridgehead atoms. The molecule has 0 N–H and O–H groups in total. The zero-order chi connectivity index (χ0) is 12.0. The van der Waals surface area contributed by atoms with Crippen molar-refractivity contribution < 1.29 is 23.0 Å². The first-order valence-corrected chi connectivity index (χ1v) is 5.38. The molecular weight excluding hydrogens is 286 g/mol. The number of rotatable bonds is 6. The van der Waals surface area contributed by atoms with E-state index in [1.54, 1.807) is 12.1 Å². The summed E-state index contributed by atoms with van der Waals surface area (Å²) in [6.45, 7) is -0.453. The molecule has 1 aromatic carbocycles. The van der Waals surface area contributed by atoms with Crippen LogP contribution in [0.2, 0.25) is 0 Å². The summed E-state index contributed by atoms with van der Waals surface area (Å²) < 4.78 is 38.9. The molecule has 0 unspecified atom stereocenters. The zero-order valence-corrected chi connectivity index (χ0v) is 10.2. The average Bonchev–Trinajstić information content (AvgIpc) is 2.23. The minimum absolute atomic E-state index is 0.0315. The van der Waals surface area contributed by atoms with Crippen LogP contribution in [0.5, 0.6) is 11.5 Å². The van der Waals surface area contributed by atoms with Gasteiger partial charge < -0.3 is 14.2 Å². The Balaban J connectivity index is 2.70. The van der Waals surface area contributed by atoms with Crippen molar-refractivity contribution in [2.75, 3.05) is 13.4 Å². The lowest BCUT2D eigenvalue weighted by atomic mass is 10.3. The predicted molar refractivity (Wildman–Crippen MR) is 57.9 cm³/mol. The maximum absolute atomic E-state index is 12.0. The summed E-state index contributed by atoms with van der Waals surface area (Å²) in [6, 6.07) is 4.61. The third-order valence-corrected chi connectivity index (χ3v) is 2.43. The zero-order valence-electron chi connectivity index (χ0n) is 8.58. The Hall–Kier alpha value is -0.880. The number of hydrogen-bond donors (Lipinski definition) is 0. The van der Waals surface area contributed by atoms with Gasteiger partial charge in [0.05, 0.1) is 0 Å². The second kappa shape index (κ2) is 6.65. The minimum Gasteiger partial charge on any atom is -0.466 e. The SMILES string of the molecule is CCOCOc1cccc(OC(F)F)c1Br. The van der Waals surface area contributed by atoms with E-state index in [2.05, 4.69) is 20.7 Å². The molecule has 0 atom stereocenters. The number of ether oxygens (including phenoxy) is 3. The van der Waals surface area contributed by atoms with Gasteiger partial charge in [0.1, 0.15) is 16.0 Å². The van der Waals surface area contributed by atoms with Crippen molar-refractivity contribution in [3.8, 4) is 11.5 Å². The number of hydrogen-bond acceptors (Lipinski definition) is 3. The maximum atomic E-state index is 12.0. The molecular formula is C10H11BrF2O3. The van der Waals surface area contributed by atoms with E-state index in [-0.39, 0.29) is 12.5 Å². The molecule has 6 heteroatoms. The van der Waals surface area contributed by atoms with E-state index >= 15 is 0 Å². The molecule has 0 aromatic heterocycles. The Bertz CT molecular complexity index is 334. The minimum atomic E-state index is -2.86. The van der Waals surface area contributed by atoms with Crippen molar-refractivity contribution in [2.45, 2.75) is 13.5 Å². The number of alkyl halides is 2. The van der Waals surface area contributed by atoms with Crippen LogP contribution in [0.4, 0.5) is 8.78 Å². The van der Waals surface area contributed by atoms with Crippen molar-refractivity contribution in [1.29, 1.82) is 0 Å². The highest BCUT2D eigenvalue weighted by molar-refractivity contribution is 9.10. The first kappa shape index (κ1) is 13.2. The topological polar surface area (TPSA) is 27.7 Å². The highest BCUT2D eigenvalue weighted by Crippen LogP contribution is 2.34. The Morgan fingerprint density at radius 3 is 2.62 bits per heavy atom. The van der Waals surface area contributed by atoms with E-state index < -0.39 is 6.61 Å². The van der Waals surface area contributed by atoms with E-state index in [0.29, 0.717) is 16.8 Å². The standard InChI is InChI=1S/C10H11BrF2O3/c1-2-14-6-15-7-4-3-5-8(9(7)11)16-10(12)13/h3-5,10H,2,6H2,1H3. The Labute approximate surface area is 100 Å². The summed E-state index contributed by atoms with van der Waals surface area (Å²) >= 11 is 3.12. The van der Waals surface area contributed by atoms with Gasteiger partial charge in [-0.1, -0.05) is 6.07 Å². The number of benzene rings is 1. The van der Waals surface area contributed by atoms with Gasteiger partial charge in [-0.2, -0.15) is 8.78 Å². The molecule has 3 nitrogen and oxygen atoms in total. The van der Waals surface area contributed by atoms with Crippen molar-refractivity contribution in [3.05, 3.63) is 22.7 Å². The molecule has 0 radical (unpaired) electrons. The van der Waals surface area contributed by atoms with Gasteiger partial charge in [0.2, 0.25) is 0 Å². The molecule has 0 amide bonds. The molecule has 0 saturated carbocycles. The lowest BCUT2D eigenvalue weighted by molar-refractivity contribution is -0.0506. The lowest BCUT2D eigenvalue weighted by Crippen LogP contribution is -2.05. The van der Waals surface area contributed by atoms with Gasteiger partial charge >= 0.3 is 6.61 Å². The van der Waals surface area contributed by atoms with Crippen LogP contribution in [0, 0.1) is 0 Å². The van der Waals surface area contributed by atoms with Crippen LogP contribution < -0.4 is 9.47 Å². The molecule has 0 fully saturated rings. The van der Waals surface area contributed by atoms with Crippen LogP contribution in [0.3, 0.4) is 0 Å². The van der Waals surface area contributed by atoms with Crippen molar-refractivity contribution in [3.63, 3.8) is 0 Å². The average molecular weight is 297 g/mol. The lowest BCUT2D eigenvalue weighted by Gasteiger charge is -2.11. The maximum Gasteiger partial charge on any atom is 0.387 e. The fourth-order valence-electron chi connectivity index (χ4n) is 0.978. The highest BCUT2D eigenvalue weighted by Gasteiger charge is 2.11. The van der Waals surface area contributed by atoms with Crippen LogP contribution in [0.15, 0.2) is 22.7 Å². The number of halogens is 3.